The predicted molar refractivity (Wildman–Crippen MR) is 39.2 cm³/mol. The molecule has 1 aliphatic carbocycles. The number of hydrogen-bond donors (Lipinski definition) is 2. The Kier molecular flexibility index (Phi) is 2.15. The molecule has 0 aliphatic heterocycles. The summed E-state index contributed by atoms with van der Waals surface area (Å²) in [6.45, 7) is 0. The Morgan fingerprint density at radius 2 is 2.45 bits per heavy atom. The summed E-state index contributed by atoms with van der Waals surface area (Å²) >= 11 is 0. The smallest absolute Gasteiger partial charge is 0.323 e. The van der Waals surface area contributed by atoms with Crippen molar-refractivity contribution in [1.29, 1.82) is 0 Å². The zero-order valence-corrected chi connectivity index (χ0v) is 6.54. The van der Waals surface area contributed by atoms with Crippen LogP contribution in [0.5, 0.6) is 0 Å². The molecule has 2 atom stereocenters. The molecular formula is C7H13NO3. The highest BCUT2D eigenvalue weighted by Gasteiger charge is 2.42. The zero-order chi connectivity index (χ0) is 8.48. The second-order valence-corrected chi connectivity index (χ2v) is 3.06. The standard InChI is InChI=1S/C7H13NO3/c1-11-5-2-3-7(8,4-5)6(9)10/h5H,2-4,8H2,1H3,(H,9,10). The number of methoxy groups -OCH3 is 1. The van der Waals surface area contributed by atoms with Gasteiger partial charge in [0, 0.05) is 13.5 Å². The maximum Gasteiger partial charge on any atom is 0.323 e. The molecule has 0 aromatic heterocycles. The number of rotatable bonds is 2. The third-order valence-electron chi connectivity index (χ3n) is 2.26. The Labute approximate surface area is 65.3 Å². The van der Waals surface area contributed by atoms with E-state index in [0.29, 0.717) is 12.8 Å². The van der Waals surface area contributed by atoms with Gasteiger partial charge in [-0.15, -0.1) is 0 Å². The van der Waals surface area contributed by atoms with Gasteiger partial charge >= 0.3 is 5.97 Å². The maximum atomic E-state index is 10.6. The first-order chi connectivity index (χ1) is 5.08. The van der Waals surface area contributed by atoms with Gasteiger partial charge in [0.1, 0.15) is 5.54 Å². The van der Waals surface area contributed by atoms with E-state index in [1.807, 2.05) is 0 Å². The lowest BCUT2D eigenvalue weighted by Gasteiger charge is -2.17. The van der Waals surface area contributed by atoms with Crippen LogP contribution >= 0.6 is 0 Å². The minimum Gasteiger partial charge on any atom is -0.480 e. The van der Waals surface area contributed by atoms with Crippen molar-refractivity contribution < 1.29 is 14.6 Å². The molecule has 4 heteroatoms. The fourth-order valence-corrected chi connectivity index (χ4v) is 1.42. The third kappa shape index (κ3) is 1.52. The van der Waals surface area contributed by atoms with E-state index in [1.54, 1.807) is 7.11 Å². The van der Waals surface area contributed by atoms with Crippen LogP contribution in [0.25, 0.3) is 0 Å². The molecule has 64 valence electrons. The molecule has 3 N–H and O–H groups in total. The molecule has 1 saturated carbocycles. The van der Waals surface area contributed by atoms with Gasteiger partial charge in [0.15, 0.2) is 0 Å². The Morgan fingerprint density at radius 3 is 2.73 bits per heavy atom. The van der Waals surface area contributed by atoms with Crippen molar-refractivity contribution in [2.45, 2.75) is 30.9 Å². The molecule has 0 saturated heterocycles. The SMILES string of the molecule is COC1CCC(N)(C(=O)O)C1. The molecule has 0 amide bonds. The highest BCUT2D eigenvalue weighted by atomic mass is 16.5. The van der Waals surface area contributed by atoms with Crippen molar-refractivity contribution in [1.82, 2.24) is 0 Å². The van der Waals surface area contributed by atoms with Crippen LogP contribution in [0.1, 0.15) is 19.3 Å². The van der Waals surface area contributed by atoms with Gasteiger partial charge < -0.3 is 15.6 Å². The van der Waals surface area contributed by atoms with Gasteiger partial charge in [-0.1, -0.05) is 0 Å². The van der Waals surface area contributed by atoms with E-state index in [2.05, 4.69) is 0 Å². The van der Waals surface area contributed by atoms with Crippen LogP contribution in [0.4, 0.5) is 0 Å². The second-order valence-electron chi connectivity index (χ2n) is 3.06. The predicted octanol–water partition coefficient (Wildman–Crippen LogP) is -0.0326. The van der Waals surface area contributed by atoms with Gasteiger partial charge in [-0.3, -0.25) is 4.79 Å². The molecule has 0 aromatic rings. The van der Waals surface area contributed by atoms with Crippen LogP contribution in [-0.2, 0) is 9.53 Å². The topological polar surface area (TPSA) is 72.5 Å². The molecule has 0 radical (unpaired) electrons. The van der Waals surface area contributed by atoms with Gasteiger partial charge in [-0.2, -0.15) is 0 Å². The van der Waals surface area contributed by atoms with Crippen molar-refractivity contribution in [3.63, 3.8) is 0 Å². The van der Waals surface area contributed by atoms with Crippen LogP contribution in [0, 0.1) is 0 Å². The molecule has 1 aliphatic rings. The minimum absolute atomic E-state index is 0.0242. The molecule has 1 fully saturated rings. The highest BCUT2D eigenvalue weighted by Crippen LogP contribution is 2.29. The summed E-state index contributed by atoms with van der Waals surface area (Å²) in [4.78, 5) is 10.6. The molecule has 4 nitrogen and oxygen atoms in total. The summed E-state index contributed by atoms with van der Waals surface area (Å²) in [6.07, 6.45) is 1.72. The number of carbonyl (C=O) groups is 1. The van der Waals surface area contributed by atoms with E-state index >= 15 is 0 Å². The third-order valence-corrected chi connectivity index (χ3v) is 2.26. The van der Waals surface area contributed by atoms with Crippen LogP contribution in [0.3, 0.4) is 0 Å². The quantitative estimate of drug-likeness (QED) is 0.593. The van der Waals surface area contributed by atoms with Crippen LogP contribution in [0.2, 0.25) is 0 Å². The largest absolute Gasteiger partial charge is 0.480 e. The van der Waals surface area contributed by atoms with Crippen molar-refractivity contribution in [3.8, 4) is 0 Å². The van der Waals surface area contributed by atoms with Crippen LogP contribution in [-0.4, -0.2) is 29.8 Å². The van der Waals surface area contributed by atoms with E-state index in [0.717, 1.165) is 6.42 Å². The molecular weight excluding hydrogens is 146 g/mol. The maximum absolute atomic E-state index is 10.6. The average molecular weight is 159 g/mol. The summed E-state index contributed by atoms with van der Waals surface area (Å²) in [5.74, 6) is -0.919. The Bertz CT molecular complexity index is 171. The lowest BCUT2D eigenvalue weighted by atomic mass is 10.00. The number of nitrogens with two attached hydrogens (primary N) is 1. The van der Waals surface area contributed by atoms with Gasteiger partial charge in [-0.25, -0.2) is 0 Å². The lowest BCUT2D eigenvalue weighted by Crippen LogP contribution is -2.45. The Balaban J connectivity index is 2.57. The van der Waals surface area contributed by atoms with Gasteiger partial charge in [0.2, 0.25) is 0 Å². The van der Waals surface area contributed by atoms with E-state index in [-0.39, 0.29) is 6.10 Å². The molecule has 2 unspecified atom stereocenters. The fraction of sp³-hybridized carbons (Fsp3) is 0.857. The van der Waals surface area contributed by atoms with E-state index in [1.165, 1.54) is 0 Å². The van der Waals surface area contributed by atoms with Gasteiger partial charge in [-0.05, 0) is 12.8 Å². The number of ether oxygens (including phenoxy) is 1. The zero-order valence-electron chi connectivity index (χ0n) is 6.54. The fourth-order valence-electron chi connectivity index (χ4n) is 1.42. The van der Waals surface area contributed by atoms with Crippen LogP contribution < -0.4 is 5.73 Å². The first-order valence-electron chi connectivity index (χ1n) is 3.63. The lowest BCUT2D eigenvalue weighted by molar-refractivity contribution is -0.143. The first kappa shape index (κ1) is 8.49. The molecule has 1 rings (SSSR count). The first-order valence-corrected chi connectivity index (χ1v) is 3.63. The molecule has 0 bridgehead atoms. The highest BCUT2D eigenvalue weighted by molar-refractivity contribution is 5.78. The number of carboxylic acid groups (broad SMARTS) is 1. The number of hydrogen-bond acceptors (Lipinski definition) is 3. The van der Waals surface area contributed by atoms with Crippen molar-refractivity contribution in [2.24, 2.45) is 5.73 Å². The summed E-state index contributed by atoms with van der Waals surface area (Å²) < 4.78 is 5.01. The van der Waals surface area contributed by atoms with E-state index < -0.39 is 11.5 Å². The van der Waals surface area contributed by atoms with Gasteiger partial charge in [0.05, 0.1) is 6.10 Å². The van der Waals surface area contributed by atoms with E-state index in [9.17, 15) is 4.79 Å². The summed E-state index contributed by atoms with van der Waals surface area (Å²) in [5.41, 5.74) is 4.55. The number of aliphatic carboxylic acids is 1. The number of carboxylic acids is 1. The van der Waals surface area contributed by atoms with Crippen molar-refractivity contribution >= 4 is 5.97 Å². The Morgan fingerprint density at radius 1 is 1.82 bits per heavy atom. The molecule has 0 heterocycles. The monoisotopic (exact) mass is 159 g/mol. The summed E-state index contributed by atoms with van der Waals surface area (Å²) in [5, 5.41) is 8.71. The second kappa shape index (κ2) is 2.79. The molecule has 0 aromatic carbocycles. The molecule has 11 heavy (non-hydrogen) atoms. The molecule has 0 spiro atoms. The summed E-state index contributed by atoms with van der Waals surface area (Å²) in [6, 6.07) is 0. The normalized spacial score (nSPS) is 37.5. The van der Waals surface area contributed by atoms with Crippen molar-refractivity contribution in [3.05, 3.63) is 0 Å². The average Bonchev–Trinajstić information content (AvgIpc) is 2.33. The van der Waals surface area contributed by atoms with Crippen molar-refractivity contribution in [2.75, 3.05) is 7.11 Å². The minimum atomic E-state index is -1.04. The van der Waals surface area contributed by atoms with Gasteiger partial charge in [0.25, 0.3) is 0 Å². The Hall–Kier alpha value is -0.610. The van der Waals surface area contributed by atoms with E-state index in [4.69, 9.17) is 15.6 Å². The van der Waals surface area contributed by atoms with Crippen LogP contribution in [0.15, 0.2) is 0 Å². The summed E-state index contributed by atoms with van der Waals surface area (Å²) in [7, 11) is 1.58.